The molecule has 1 aliphatic rings. The zero-order valence-electron chi connectivity index (χ0n) is 13.8. The lowest BCUT2D eigenvalue weighted by atomic mass is 10.1. The molecule has 1 fully saturated rings. The molecule has 3 rings (SSSR count). The van der Waals surface area contributed by atoms with Crippen LogP contribution in [0, 0.1) is 6.92 Å². The molecule has 1 aromatic heterocycles. The van der Waals surface area contributed by atoms with Crippen LogP contribution in [0.25, 0.3) is 10.9 Å². The number of hydrogen-bond acceptors (Lipinski definition) is 5. The second-order valence-electron chi connectivity index (χ2n) is 5.76. The predicted octanol–water partition coefficient (Wildman–Crippen LogP) is 2.20. The van der Waals surface area contributed by atoms with E-state index in [0.29, 0.717) is 11.6 Å². The van der Waals surface area contributed by atoms with Gasteiger partial charge in [-0.2, -0.15) is 0 Å². The maximum absolute atomic E-state index is 12.1. The van der Waals surface area contributed by atoms with Crippen LogP contribution in [0.15, 0.2) is 18.2 Å². The molecule has 0 saturated carbocycles. The van der Waals surface area contributed by atoms with E-state index in [0.717, 1.165) is 35.2 Å². The van der Waals surface area contributed by atoms with Crippen LogP contribution in [-0.2, 0) is 4.79 Å². The van der Waals surface area contributed by atoms with E-state index >= 15 is 0 Å². The number of carbonyl (C=O) groups excluding carboxylic acids is 1. The Kier molecular flexibility index (Phi) is 3.98. The number of hydrogen-bond donors (Lipinski definition) is 1. The summed E-state index contributed by atoms with van der Waals surface area (Å²) in [5.74, 6) is 2.22. The summed E-state index contributed by atoms with van der Waals surface area (Å²) in [6.07, 6.45) is 0.781. The van der Waals surface area contributed by atoms with E-state index in [4.69, 9.17) is 9.47 Å². The van der Waals surface area contributed by atoms with E-state index in [2.05, 4.69) is 10.3 Å². The number of aryl methyl sites for hydroxylation is 1. The smallest absolute Gasteiger partial charge is 0.244 e. The van der Waals surface area contributed by atoms with Crippen LogP contribution in [0.4, 0.5) is 5.82 Å². The Morgan fingerprint density at radius 1 is 1.26 bits per heavy atom. The van der Waals surface area contributed by atoms with Gasteiger partial charge in [0.05, 0.1) is 14.2 Å². The number of likely N-dealkylation sites (tertiary alicyclic amines) is 1. The van der Waals surface area contributed by atoms with Gasteiger partial charge < -0.3 is 19.7 Å². The Morgan fingerprint density at radius 2 is 1.96 bits per heavy atom. The van der Waals surface area contributed by atoms with Crippen molar-refractivity contribution in [2.75, 3.05) is 33.1 Å². The summed E-state index contributed by atoms with van der Waals surface area (Å²) in [6, 6.07) is 5.43. The standard InChI is InChI=1S/C17H21N3O3/c1-10-9-14(18-11-7-8-20(2)17(11)21)19-16-13(23-4)6-5-12(22-3)15(10)16/h5-6,9,11H,7-8H2,1-4H3,(H,18,19)/t11-/m1/s1. The molecule has 122 valence electrons. The third kappa shape index (κ3) is 2.65. The first-order valence-corrected chi connectivity index (χ1v) is 7.59. The molecule has 0 bridgehead atoms. The van der Waals surface area contributed by atoms with Crippen molar-refractivity contribution in [3.05, 3.63) is 23.8 Å². The Morgan fingerprint density at radius 3 is 2.57 bits per heavy atom. The molecule has 1 aromatic carbocycles. The predicted molar refractivity (Wildman–Crippen MR) is 89.2 cm³/mol. The van der Waals surface area contributed by atoms with Crippen LogP contribution in [0.1, 0.15) is 12.0 Å². The zero-order chi connectivity index (χ0) is 16.6. The third-order valence-corrected chi connectivity index (χ3v) is 4.27. The van der Waals surface area contributed by atoms with Gasteiger partial charge in [0.15, 0.2) is 0 Å². The SMILES string of the molecule is COc1ccc(OC)c2c(C)cc(N[C@@H]3CCN(C)C3=O)nc12. The summed E-state index contributed by atoms with van der Waals surface area (Å²) in [7, 11) is 5.07. The van der Waals surface area contributed by atoms with Crippen LogP contribution in [0.3, 0.4) is 0 Å². The summed E-state index contributed by atoms with van der Waals surface area (Å²) < 4.78 is 10.9. The van der Waals surface area contributed by atoms with E-state index in [1.165, 1.54) is 0 Å². The molecule has 1 atom stereocenters. The van der Waals surface area contributed by atoms with Crippen molar-refractivity contribution in [3.63, 3.8) is 0 Å². The first kappa shape index (κ1) is 15.4. The van der Waals surface area contributed by atoms with Gasteiger partial charge in [-0.25, -0.2) is 4.98 Å². The fourth-order valence-electron chi connectivity index (χ4n) is 3.02. The molecular weight excluding hydrogens is 294 g/mol. The number of anilines is 1. The average molecular weight is 315 g/mol. The topological polar surface area (TPSA) is 63.7 Å². The fraction of sp³-hybridized carbons (Fsp3) is 0.412. The summed E-state index contributed by atoms with van der Waals surface area (Å²) in [5.41, 5.74) is 1.75. The van der Waals surface area contributed by atoms with Crippen molar-refractivity contribution in [1.29, 1.82) is 0 Å². The third-order valence-electron chi connectivity index (χ3n) is 4.27. The number of carbonyl (C=O) groups is 1. The Labute approximate surface area is 135 Å². The summed E-state index contributed by atoms with van der Waals surface area (Å²) in [5, 5.41) is 4.17. The summed E-state index contributed by atoms with van der Waals surface area (Å²) in [6.45, 7) is 2.76. The highest BCUT2D eigenvalue weighted by molar-refractivity contribution is 5.94. The molecule has 1 saturated heterocycles. The number of ether oxygens (including phenoxy) is 2. The van der Waals surface area contributed by atoms with Crippen LogP contribution >= 0.6 is 0 Å². The van der Waals surface area contributed by atoms with E-state index in [9.17, 15) is 4.79 Å². The number of nitrogens with zero attached hydrogens (tertiary/aromatic N) is 2. The minimum Gasteiger partial charge on any atom is -0.496 e. The van der Waals surface area contributed by atoms with E-state index in [-0.39, 0.29) is 11.9 Å². The fourth-order valence-corrected chi connectivity index (χ4v) is 3.02. The Hall–Kier alpha value is -2.50. The number of rotatable bonds is 4. The number of methoxy groups -OCH3 is 2. The molecule has 6 nitrogen and oxygen atoms in total. The number of benzene rings is 1. The highest BCUT2D eigenvalue weighted by Crippen LogP contribution is 2.35. The van der Waals surface area contributed by atoms with Crippen LogP contribution in [0.2, 0.25) is 0 Å². The van der Waals surface area contributed by atoms with Gasteiger partial charge in [-0.1, -0.05) is 0 Å². The van der Waals surface area contributed by atoms with E-state index in [1.807, 2.05) is 32.2 Å². The highest BCUT2D eigenvalue weighted by Gasteiger charge is 2.29. The largest absolute Gasteiger partial charge is 0.496 e. The van der Waals surface area contributed by atoms with Crippen molar-refractivity contribution >= 4 is 22.6 Å². The Bertz CT molecular complexity index is 760. The van der Waals surface area contributed by atoms with Crippen LogP contribution in [0.5, 0.6) is 11.5 Å². The minimum absolute atomic E-state index is 0.0992. The molecule has 0 unspecified atom stereocenters. The van der Waals surface area contributed by atoms with E-state index in [1.54, 1.807) is 19.1 Å². The van der Waals surface area contributed by atoms with Gasteiger partial charge in [0, 0.05) is 19.0 Å². The van der Waals surface area contributed by atoms with Gasteiger partial charge in [0.2, 0.25) is 5.91 Å². The van der Waals surface area contributed by atoms with Gasteiger partial charge in [-0.15, -0.1) is 0 Å². The lowest BCUT2D eigenvalue weighted by Crippen LogP contribution is -2.31. The molecule has 1 aliphatic heterocycles. The van der Waals surface area contributed by atoms with Crippen LogP contribution in [-0.4, -0.2) is 49.6 Å². The number of fused-ring (bicyclic) bond motifs is 1. The van der Waals surface area contributed by atoms with E-state index < -0.39 is 0 Å². The van der Waals surface area contributed by atoms with Crippen molar-refractivity contribution in [1.82, 2.24) is 9.88 Å². The van der Waals surface area contributed by atoms with Crippen LogP contribution < -0.4 is 14.8 Å². The molecule has 1 N–H and O–H groups in total. The number of pyridine rings is 1. The number of aromatic nitrogens is 1. The Balaban J connectivity index is 2.05. The molecule has 6 heteroatoms. The molecule has 0 radical (unpaired) electrons. The molecule has 2 heterocycles. The second-order valence-corrected chi connectivity index (χ2v) is 5.76. The monoisotopic (exact) mass is 315 g/mol. The van der Waals surface area contributed by atoms with Crippen molar-refractivity contribution in [2.45, 2.75) is 19.4 Å². The van der Waals surface area contributed by atoms with Gasteiger partial charge in [0.1, 0.15) is 28.9 Å². The highest BCUT2D eigenvalue weighted by atomic mass is 16.5. The molecule has 23 heavy (non-hydrogen) atoms. The zero-order valence-corrected chi connectivity index (χ0v) is 13.8. The first-order valence-electron chi connectivity index (χ1n) is 7.59. The molecule has 1 amide bonds. The maximum atomic E-state index is 12.1. The van der Waals surface area contributed by atoms with Gasteiger partial charge >= 0.3 is 0 Å². The molecule has 0 aliphatic carbocycles. The first-order chi connectivity index (χ1) is 11.0. The maximum Gasteiger partial charge on any atom is 0.244 e. The van der Waals surface area contributed by atoms with Crippen molar-refractivity contribution in [3.8, 4) is 11.5 Å². The molecule has 2 aromatic rings. The number of nitrogens with one attached hydrogen (secondary N) is 1. The normalized spacial score (nSPS) is 17.7. The second kappa shape index (κ2) is 5.95. The number of likely N-dealkylation sites (N-methyl/N-ethyl adjacent to an activating group) is 1. The molecule has 0 spiro atoms. The summed E-state index contributed by atoms with van der Waals surface area (Å²) in [4.78, 5) is 18.5. The quantitative estimate of drug-likeness (QED) is 0.937. The van der Waals surface area contributed by atoms with Crippen molar-refractivity contribution in [2.24, 2.45) is 0 Å². The lowest BCUT2D eigenvalue weighted by molar-refractivity contribution is -0.127. The van der Waals surface area contributed by atoms with Gasteiger partial charge in [-0.05, 0) is 37.1 Å². The molecular formula is C17H21N3O3. The van der Waals surface area contributed by atoms with Crippen molar-refractivity contribution < 1.29 is 14.3 Å². The minimum atomic E-state index is -0.221. The number of amides is 1. The van der Waals surface area contributed by atoms with Gasteiger partial charge in [-0.3, -0.25) is 4.79 Å². The summed E-state index contributed by atoms with van der Waals surface area (Å²) >= 11 is 0. The van der Waals surface area contributed by atoms with Gasteiger partial charge in [0.25, 0.3) is 0 Å². The lowest BCUT2D eigenvalue weighted by Gasteiger charge is -2.16. The average Bonchev–Trinajstić information content (AvgIpc) is 2.86.